The second kappa shape index (κ2) is 48.4. The van der Waals surface area contributed by atoms with E-state index in [2.05, 4.69) is 27.7 Å². The van der Waals surface area contributed by atoms with Crippen LogP contribution in [0.3, 0.4) is 0 Å². The molecule has 60 heavy (non-hydrogen) atoms. The van der Waals surface area contributed by atoms with Crippen molar-refractivity contribution in [2.75, 3.05) is 13.2 Å². The fourth-order valence-electron chi connectivity index (χ4n) is 8.22. The summed E-state index contributed by atoms with van der Waals surface area (Å²) in [7, 11) is 0. The average Bonchev–Trinajstić information content (AvgIpc) is 3.23. The highest BCUT2D eigenvalue weighted by atomic mass is 16.6. The van der Waals surface area contributed by atoms with Crippen LogP contribution >= 0.6 is 0 Å². The SMILES string of the molecule is CCCCCCCCCCCCCCCCCCCCC(=O)OC[C@@H](COC(=O)CCCCCCCCCCCCCCCCCCC(C)C)OC(=O)CCCCCCC. The van der Waals surface area contributed by atoms with Crippen LogP contribution in [0.4, 0.5) is 0 Å². The van der Waals surface area contributed by atoms with Crippen molar-refractivity contribution in [2.24, 2.45) is 5.92 Å². The first kappa shape index (κ1) is 58.4. The Kier molecular flexibility index (Phi) is 47.2. The maximum atomic E-state index is 12.6. The van der Waals surface area contributed by atoms with Gasteiger partial charge in [0.15, 0.2) is 6.10 Å². The summed E-state index contributed by atoms with van der Waals surface area (Å²) >= 11 is 0. The summed E-state index contributed by atoms with van der Waals surface area (Å²) in [4.78, 5) is 37.7. The van der Waals surface area contributed by atoms with Crippen molar-refractivity contribution in [3.05, 3.63) is 0 Å². The van der Waals surface area contributed by atoms with Crippen LogP contribution in [-0.4, -0.2) is 37.2 Å². The minimum Gasteiger partial charge on any atom is -0.462 e. The molecule has 0 rings (SSSR count). The van der Waals surface area contributed by atoms with Crippen molar-refractivity contribution >= 4 is 17.9 Å². The molecular weight excluding hydrogens is 745 g/mol. The van der Waals surface area contributed by atoms with Crippen LogP contribution < -0.4 is 0 Å². The van der Waals surface area contributed by atoms with Crippen molar-refractivity contribution in [1.29, 1.82) is 0 Å². The lowest BCUT2D eigenvalue weighted by Gasteiger charge is -2.18. The Balaban J connectivity index is 4.02. The summed E-state index contributed by atoms with van der Waals surface area (Å²) in [6, 6.07) is 0. The van der Waals surface area contributed by atoms with E-state index in [1.165, 1.54) is 193 Å². The number of ether oxygens (including phenoxy) is 3. The minimum atomic E-state index is -0.759. The molecule has 0 aromatic carbocycles. The Morgan fingerprint density at radius 2 is 0.550 bits per heavy atom. The van der Waals surface area contributed by atoms with Gasteiger partial charge in [-0.2, -0.15) is 0 Å². The van der Waals surface area contributed by atoms with Crippen molar-refractivity contribution in [3.8, 4) is 0 Å². The number of esters is 3. The lowest BCUT2D eigenvalue weighted by Crippen LogP contribution is -2.30. The first-order valence-corrected chi connectivity index (χ1v) is 26.9. The second-order valence-electron chi connectivity index (χ2n) is 19.0. The molecule has 1 atom stereocenters. The maximum Gasteiger partial charge on any atom is 0.306 e. The summed E-state index contributed by atoms with van der Waals surface area (Å²) in [6.07, 6.45) is 51.3. The second-order valence-corrected chi connectivity index (χ2v) is 19.0. The van der Waals surface area contributed by atoms with Gasteiger partial charge in [0.1, 0.15) is 13.2 Å². The van der Waals surface area contributed by atoms with Crippen LogP contribution in [0.1, 0.15) is 304 Å². The van der Waals surface area contributed by atoms with Gasteiger partial charge in [0.25, 0.3) is 0 Å². The summed E-state index contributed by atoms with van der Waals surface area (Å²) in [5.74, 6) is -0.00462. The van der Waals surface area contributed by atoms with E-state index in [4.69, 9.17) is 14.2 Å². The van der Waals surface area contributed by atoms with Gasteiger partial charge in [-0.05, 0) is 25.2 Å². The fourth-order valence-corrected chi connectivity index (χ4v) is 8.22. The van der Waals surface area contributed by atoms with Gasteiger partial charge in [-0.25, -0.2) is 0 Å². The highest BCUT2D eigenvalue weighted by molar-refractivity contribution is 5.71. The lowest BCUT2D eigenvalue weighted by atomic mass is 10.0. The van der Waals surface area contributed by atoms with Crippen LogP contribution in [0.5, 0.6) is 0 Å². The van der Waals surface area contributed by atoms with E-state index < -0.39 is 6.10 Å². The Morgan fingerprint density at radius 1 is 0.317 bits per heavy atom. The highest BCUT2D eigenvalue weighted by Crippen LogP contribution is 2.17. The van der Waals surface area contributed by atoms with Gasteiger partial charge >= 0.3 is 17.9 Å². The molecule has 0 heterocycles. The van der Waals surface area contributed by atoms with E-state index >= 15 is 0 Å². The van der Waals surface area contributed by atoms with Crippen molar-refractivity contribution in [2.45, 2.75) is 310 Å². The number of carbonyl (C=O) groups excluding carboxylic acids is 3. The molecule has 0 spiro atoms. The lowest BCUT2D eigenvalue weighted by molar-refractivity contribution is -0.167. The molecule has 6 nitrogen and oxygen atoms in total. The third-order valence-electron chi connectivity index (χ3n) is 12.3. The van der Waals surface area contributed by atoms with E-state index in [9.17, 15) is 14.4 Å². The standard InChI is InChI=1S/C54H104O6/c1-5-7-9-11-12-13-14-15-16-17-18-22-25-28-31-34-38-41-45-52(55)58-48-51(60-54(57)47-43-36-10-8-6-2)49-59-53(56)46-42-39-35-32-29-26-23-20-19-21-24-27-30-33-37-40-44-50(3)4/h50-51H,5-49H2,1-4H3/t51-/m0/s1. The van der Waals surface area contributed by atoms with E-state index in [-0.39, 0.29) is 31.1 Å². The molecule has 0 aliphatic heterocycles. The molecule has 0 unspecified atom stereocenters. The molecule has 0 amide bonds. The van der Waals surface area contributed by atoms with E-state index in [0.717, 1.165) is 70.1 Å². The number of hydrogen-bond acceptors (Lipinski definition) is 6. The van der Waals surface area contributed by atoms with Gasteiger partial charge in [-0.1, -0.05) is 265 Å². The Morgan fingerprint density at radius 3 is 0.817 bits per heavy atom. The first-order valence-electron chi connectivity index (χ1n) is 26.9. The largest absolute Gasteiger partial charge is 0.462 e. The van der Waals surface area contributed by atoms with Gasteiger partial charge in [-0.3, -0.25) is 14.4 Å². The molecule has 0 fully saturated rings. The minimum absolute atomic E-state index is 0.0641. The predicted octanol–water partition coefficient (Wildman–Crippen LogP) is 17.5. The smallest absolute Gasteiger partial charge is 0.306 e. The van der Waals surface area contributed by atoms with Gasteiger partial charge < -0.3 is 14.2 Å². The number of unbranched alkanes of at least 4 members (excludes halogenated alkanes) is 36. The van der Waals surface area contributed by atoms with Gasteiger partial charge in [0.2, 0.25) is 0 Å². The van der Waals surface area contributed by atoms with Crippen molar-refractivity contribution < 1.29 is 28.6 Å². The van der Waals surface area contributed by atoms with Crippen molar-refractivity contribution in [3.63, 3.8) is 0 Å². The van der Waals surface area contributed by atoms with Crippen molar-refractivity contribution in [1.82, 2.24) is 0 Å². The van der Waals surface area contributed by atoms with Crippen LogP contribution in [0.2, 0.25) is 0 Å². The normalized spacial score (nSPS) is 11.9. The predicted molar refractivity (Wildman–Crippen MR) is 257 cm³/mol. The molecule has 0 saturated carbocycles. The molecule has 0 saturated heterocycles. The summed E-state index contributed by atoms with van der Waals surface area (Å²) < 4.78 is 16.7. The third-order valence-corrected chi connectivity index (χ3v) is 12.3. The molecule has 0 bridgehead atoms. The monoisotopic (exact) mass is 849 g/mol. The zero-order valence-electron chi connectivity index (χ0n) is 40.9. The fraction of sp³-hybridized carbons (Fsp3) is 0.944. The molecule has 0 radical (unpaired) electrons. The molecule has 0 aliphatic carbocycles. The third kappa shape index (κ3) is 47.5. The summed E-state index contributed by atoms with van der Waals surface area (Å²) in [5, 5.41) is 0. The van der Waals surface area contributed by atoms with Crippen LogP contribution in [0, 0.1) is 5.92 Å². The summed E-state index contributed by atoms with van der Waals surface area (Å²) in [6.45, 7) is 8.97. The number of hydrogen-bond donors (Lipinski definition) is 0. The molecule has 0 aromatic heterocycles. The average molecular weight is 849 g/mol. The highest BCUT2D eigenvalue weighted by Gasteiger charge is 2.19. The van der Waals surface area contributed by atoms with E-state index in [1.807, 2.05) is 0 Å². The van der Waals surface area contributed by atoms with Gasteiger partial charge in [0, 0.05) is 19.3 Å². The molecular formula is C54H104O6. The van der Waals surface area contributed by atoms with Crippen LogP contribution in [-0.2, 0) is 28.6 Å². The van der Waals surface area contributed by atoms with E-state index in [1.54, 1.807) is 0 Å². The van der Waals surface area contributed by atoms with Crippen LogP contribution in [0.25, 0.3) is 0 Å². The zero-order valence-corrected chi connectivity index (χ0v) is 40.9. The van der Waals surface area contributed by atoms with Crippen LogP contribution in [0.15, 0.2) is 0 Å². The molecule has 0 aliphatic rings. The quantitative estimate of drug-likeness (QED) is 0.0345. The Bertz CT molecular complexity index is 903. The van der Waals surface area contributed by atoms with E-state index in [0.29, 0.717) is 19.3 Å². The zero-order chi connectivity index (χ0) is 43.8. The molecule has 0 N–H and O–H groups in total. The first-order chi connectivity index (χ1) is 29.4. The van der Waals surface area contributed by atoms with Gasteiger partial charge in [0.05, 0.1) is 0 Å². The Labute approximate surface area is 374 Å². The number of carbonyl (C=O) groups is 3. The Hall–Kier alpha value is -1.59. The molecule has 0 aromatic rings. The summed E-state index contributed by atoms with van der Waals surface area (Å²) in [5.41, 5.74) is 0. The van der Waals surface area contributed by atoms with Gasteiger partial charge in [-0.15, -0.1) is 0 Å². The maximum absolute atomic E-state index is 12.6. The molecule has 6 heteroatoms. The molecule has 356 valence electrons. The topological polar surface area (TPSA) is 78.9 Å². The number of rotatable bonds is 49.